The molecule has 0 bridgehead atoms. The van der Waals surface area contributed by atoms with Crippen LogP contribution in [0.25, 0.3) is 0 Å². The van der Waals surface area contributed by atoms with Crippen LogP contribution in [0.15, 0.2) is 18.2 Å². The highest BCUT2D eigenvalue weighted by Gasteiger charge is 2.15. The van der Waals surface area contributed by atoms with Crippen LogP contribution in [0.2, 0.25) is 10.0 Å². The lowest BCUT2D eigenvalue weighted by Gasteiger charge is -2.25. The minimum atomic E-state index is 0.0768. The minimum Gasteiger partial charge on any atom is -0.308 e. The summed E-state index contributed by atoms with van der Waals surface area (Å²) in [4.78, 5) is 16.7. The Morgan fingerprint density at radius 1 is 1.14 bits per heavy atom. The topological polar surface area (TPSA) is 23.6 Å². The van der Waals surface area contributed by atoms with Gasteiger partial charge in [0.15, 0.2) is 5.78 Å². The van der Waals surface area contributed by atoms with Gasteiger partial charge < -0.3 is 4.90 Å². The van der Waals surface area contributed by atoms with Gasteiger partial charge in [0.2, 0.25) is 0 Å². The lowest BCUT2D eigenvalue weighted by atomic mass is 10.1. The third-order valence-corrected chi connectivity index (χ3v) is 3.83. The molecular formula is C16H24Cl2N2O. The molecule has 3 nitrogen and oxygen atoms in total. The molecular weight excluding hydrogens is 307 g/mol. The van der Waals surface area contributed by atoms with E-state index in [2.05, 4.69) is 23.6 Å². The molecule has 1 aromatic rings. The summed E-state index contributed by atoms with van der Waals surface area (Å²) in [6, 6.07) is 5.05. The first kappa shape index (κ1) is 18.4. The average Bonchev–Trinajstić information content (AvgIpc) is 2.38. The molecule has 1 rings (SSSR count). The van der Waals surface area contributed by atoms with E-state index < -0.39 is 0 Å². The zero-order valence-corrected chi connectivity index (χ0v) is 14.7. The molecule has 0 spiro atoms. The van der Waals surface area contributed by atoms with Crippen LogP contribution >= 0.6 is 23.2 Å². The average molecular weight is 331 g/mol. The summed E-state index contributed by atoms with van der Waals surface area (Å²) in [5, 5.41) is 0.895. The zero-order chi connectivity index (χ0) is 16.0. The van der Waals surface area contributed by atoms with Gasteiger partial charge in [-0.15, -0.1) is 0 Å². The summed E-state index contributed by atoms with van der Waals surface area (Å²) in [5.74, 6) is 0.599. The van der Waals surface area contributed by atoms with Crippen LogP contribution in [0.5, 0.6) is 0 Å². The van der Waals surface area contributed by atoms with Crippen LogP contribution in [0.4, 0.5) is 0 Å². The van der Waals surface area contributed by atoms with Crippen LogP contribution in [0.3, 0.4) is 0 Å². The lowest BCUT2D eigenvalue weighted by Crippen LogP contribution is -2.37. The van der Waals surface area contributed by atoms with E-state index in [0.717, 1.165) is 19.6 Å². The molecule has 0 heterocycles. The summed E-state index contributed by atoms with van der Waals surface area (Å²) in [7, 11) is 4.07. The maximum atomic E-state index is 12.4. The third kappa shape index (κ3) is 6.79. The molecule has 0 aliphatic rings. The van der Waals surface area contributed by atoms with Gasteiger partial charge in [0.05, 0.1) is 16.6 Å². The maximum Gasteiger partial charge on any atom is 0.176 e. The van der Waals surface area contributed by atoms with Gasteiger partial charge in [0, 0.05) is 25.2 Å². The number of carbonyl (C=O) groups is 1. The van der Waals surface area contributed by atoms with Crippen LogP contribution in [0, 0.1) is 5.92 Å². The fourth-order valence-corrected chi connectivity index (χ4v) is 2.35. The van der Waals surface area contributed by atoms with Gasteiger partial charge in [-0.3, -0.25) is 9.69 Å². The second-order valence-electron chi connectivity index (χ2n) is 5.98. The molecule has 0 aliphatic carbocycles. The van der Waals surface area contributed by atoms with E-state index in [1.807, 2.05) is 14.1 Å². The molecule has 0 atom stereocenters. The smallest absolute Gasteiger partial charge is 0.176 e. The molecule has 118 valence electrons. The van der Waals surface area contributed by atoms with Crippen molar-refractivity contribution in [1.29, 1.82) is 0 Å². The van der Waals surface area contributed by atoms with Crippen molar-refractivity contribution in [2.45, 2.75) is 13.8 Å². The Labute approximate surface area is 137 Å². The Kier molecular flexibility index (Phi) is 7.67. The summed E-state index contributed by atoms with van der Waals surface area (Å²) in [6.45, 7) is 7.43. The number of carbonyl (C=O) groups excluding carboxylic acids is 1. The van der Waals surface area contributed by atoms with E-state index in [-0.39, 0.29) is 5.78 Å². The van der Waals surface area contributed by atoms with Crippen LogP contribution in [-0.2, 0) is 0 Å². The van der Waals surface area contributed by atoms with Gasteiger partial charge in [0.25, 0.3) is 0 Å². The molecule has 0 aromatic heterocycles. The van der Waals surface area contributed by atoms with Crippen molar-refractivity contribution in [1.82, 2.24) is 9.80 Å². The Morgan fingerprint density at radius 2 is 1.81 bits per heavy atom. The SMILES string of the molecule is CC(C)CN(CCN(C)C)CC(=O)c1ccc(Cl)c(Cl)c1. The molecule has 0 N–H and O–H groups in total. The number of hydrogen-bond acceptors (Lipinski definition) is 3. The number of hydrogen-bond donors (Lipinski definition) is 0. The van der Waals surface area contributed by atoms with Crippen LogP contribution < -0.4 is 0 Å². The van der Waals surface area contributed by atoms with Crippen molar-refractivity contribution in [3.8, 4) is 0 Å². The monoisotopic (exact) mass is 330 g/mol. The Balaban J connectivity index is 2.71. The van der Waals surface area contributed by atoms with Crippen molar-refractivity contribution in [2.75, 3.05) is 40.3 Å². The van der Waals surface area contributed by atoms with E-state index in [9.17, 15) is 4.79 Å². The third-order valence-electron chi connectivity index (χ3n) is 3.10. The highest BCUT2D eigenvalue weighted by Crippen LogP contribution is 2.22. The molecule has 0 aliphatic heterocycles. The maximum absolute atomic E-state index is 12.4. The Bertz CT molecular complexity index is 475. The van der Waals surface area contributed by atoms with Gasteiger partial charge in [-0.25, -0.2) is 0 Å². The van der Waals surface area contributed by atoms with Crippen molar-refractivity contribution in [3.63, 3.8) is 0 Å². The van der Waals surface area contributed by atoms with E-state index in [1.54, 1.807) is 18.2 Å². The summed E-state index contributed by atoms with van der Waals surface area (Å²) in [5.41, 5.74) is 0.614. The fourth-order valence-electron chi connectivity index (χ4n) is 2.06. The van der Waals surface area contributed by atoms with Gasteiger partial charge in [0.1, 0.15) is 0 Å². The van der Waals surface area contributed by atoms with Crippen molar-refractivity contribution >= 4 is 29.0 Å². The summed E-state index contributed by atoms with van der Waals surface area (Å²) < 4.78 is 0. The molecule has 21 heavy (non-hydrogen) atoms. The van der Waals surface area contributed by atoms with Crippen molar-refractivity contribution < 1.29 is 4.79 Å². The normalized spacial score (nSPS) is 11.7. The van der Waals surface area contributed by atoms with Gasteiger partial charge >= 0.3 is 0 Å². The first-order valence-corrected chi connectivity index (χ1v) is 7.90. The predicted molar refractivity (Wildman–Crippen MR) is 90.6 cm³/mol. The van der Waals surface area contributed by atoms with Crippen molar-refractivity contribution in [3.05, 3.63) is 33.8 Å². The first-order valence-electron chi connectivity index (χ1n) is 7.15. The number of halogens is 2. The van der Waals surface area contributed by atoms with E-state index in [0.29, 0.717) is 28.1 Å². The molecule has 0 amide bonds. The van der Waals surface area contributed by atoms with E-state index >= 15 is 0 Å². The quantitative estimate of drug-likeness (QED) is 0.679. The first-order chi connectivity index (χ1) is 9.79. The second kappa shape index (κ2) is 8.74. The molecule has 0 saturated heterocycles. The largest absolute Gasteiger partial charge is 0.308 e. The molecule has 0 unspecified atom stereocenters. The van der Waals surface area contributed by atoms with Gasteiger partial charge in [-0.1, -0.05) is 37.0 Å². The number of Topliss-reactive ketones (excluding diaryl/α,β-unsaturated/α-hetero) is 1. The highest BCUT2D eigenvalue weighted by atomic mass is 35.5. The molecule has 0 radical (unpaired) electrons. The predicted octanol–water partition coefficient (Wildman–Crippen LogP) is 3.70. The molecule has 0 saturated carbocycles. The number of ketones is 1. The van der Waals surface area contributed by atoms with Crippen molar-refractivity contribution in [2.24, 2.45) is 5.92 Å². The Hall–Kier alpha value is -0.610. The van der Waals surface area contributed by atoms with E-state index in [4.69, 9.17) is 23.2 Å². The van der Waals surface area contributed by atoms with Crippen LogP contribution in [0.1, 0.15) is 24.2 Å². The molecule has 0 fully saturated rings. The second-order valence-corrected chi connectivity index (χ2v) is 6.80. The lowest BCUT2D eigenvalue weighted by molar-refractivity contribution is 0.0916. The standard InChI is InChI=1S/C16H24Cl2N2O/c1-12(2)10-20(8-7-19(3)4)11-16(21)13-5-6-14(17)15(18)9-13/h5-6,9,12H,7-8,10-11H2,1-4H3. The fraction of sp³-hybridized carbons (Fsp3) is 0.562. The number of nitrogens with zero attached hydrogens (tertiary/aromatic N) is 2. The molecule has 1 aromatic carbocycles. The van der Waals surface area contributed by atoms with E-state index in [1.165, 1.54) is 0 Å². The summed E-state index contributed by atoms with van der Waals surface area (Å²) in [6.07, 6.45) is 0. The van der Waals surface area contributed by atoms with Gasteiger partial charge in [-0.05, 0) is 38.2 Å². The van der Waals surface area contributed by atoms with Crippen LogP contribution in [-0.4, -0.2) is 55.9 Å². The number of likely N-dealkylation sites (N-methyl/N-ethyl adjacent to an activating group) is 1. The number of benzene rings is 1. The minimum absolute atomic E-state index is 0.0768. The Morgan fingerprint density at radius 3 is 2.33 bits per heavy atom. The number of rotatable bonds is 8. The van der Waals surface area contributed by atoms with Gasteiger partial charge in [-0.2, -0.15) is 0 Å². The zero-order valence-electron chi connectivity index (χ0n) is 13.2. The summed E-state index contributed by atoms with van der Waals surface area (Å²) >= 11 is 11.9. The molecule has 5 heteroatoms. The highest BCUT2D eigenvalue weighted by molar-refractivity contribution is 6.42.